The maximum absolute atomic E-state index is 13.8. The largest absolute Gasteiger partial charge is 0.493 e. The lowest BCUT2D eigenvalue weighted by molar-refractivity contribution is -0.140. The minimum atomic E-state index is -0.712. The highest BCUT2D eigenvalue weighted by Gasteiger charge is 2.42. The molecule has 1 aliphatic heterocycles. The molecular weight excluding hydrogens is 517 g/mol. The predicted octanol–water partition coefficient (Wildman–Crippen LogP) is 5.56. The van der Waals surface area contributed by atoms with Gasteiger partial charge in [0.05, 0.1) is 36.4 Å². The van der Waals surface area contributed by atoms with E-state index in [1.807, 2.05) is 18.2 Å². The van der Waals surface area contributed by atoms with Crippen LogP contribution in [0, 0.1) is 0 Å². The summed E-state index contributed by atoms with van der Waals surface area (Å²) in [6, 6.07) is 10.9. The average molecular weight is 546 g/mol. The number of hydrogen-bond donors (Lipinski definition) is 1. The first-order valence-electron chi connectivity index (χ1n) is 11.9. The third-order valence-electron chi connectivity index (χ3n) is 6.74. The molecule has 0 aromatic heterocycles. The van der Waals surface area contributed by atoms with E-state index < -0.39 is 11.9 Å². The number of ether oxygens (including phenoxy) is 4. The van der Waals surface area contributed by atoms with Crippen molar-refractivity contribution >= 4 is 35.0 Å². The van der Waals surface area contributed by atoms with E-state index in [2.05, 4.69) is 5.32 Å². The molecule has 7 nitrogen and oxygen atoms in total. The first-order valence-corrected chi connectivity index (χ1v) is 12.6. The molecule has 9 heteroatoms. The van der Waals surface area contributed by atoms with E-state index in [-0.39, 0.29) is 31.3 Å². The zero-order valence-corrected chi connectivity index (χ0v) is 22.7. The Balaban J connectivity index is 1.77. The fourth-order valence-electron chi connectivity index (χ4n) is 5.00. The van der Waals surface area contributed by atoms with Crippen molar-refractivity contribution in [2.75, 3.05) is 34.5 Å². The van der Waals surface area contributed by atoms with Crippen molar-refractivity contribution in [1.82, 2.24) is 5.32 Å². The molecule has 1 aliphatic carbocycles. The Morgan fingerprint density at radius 1 is 1.03 bits per heavy atom. The van der Waals surface area contributed by atoms with Gasteiger partial charge >= 0.3 is 5.97 Å². The van der Waals surface area contributed by atoms with Crippen LogP contribution in [0.1, 0.15) is 42.7 Å². The summed E-state index contributed by atoms with van der Waals surface area (Å²) >= 11 is 13.0. The molecule has 2 atom stereocenters. The number of carbonyl (C=O) groups is 2. The summed E-state index contributed by atoms with van der Waals surface area (Å²) in [5.41, 5.74) is 3.73. The molecule has 0 radical (unpaired) electrons. The van der Waals surface area contributed by atoms with E-state index in [1.165, 1.54) is 7.11 Å². The minimum Gasteiger partial charge on any atom is -0.493 e. The fraction of sp³-hybridized carbons (Fsp3) is 0.357. The van der Waals surface area contributed by atoms with Crippen molar-refractivity contribution in [3.8, 4) is 11.5 Å². The van der Waals surface area contributed by atoms with Crippen LogP contribution < -0.4 is 14.8 Å². The molecule has 0 saturated heterocycles. The molecule has 1 N–H and O–H groups in total. The second-order valence-corrected chi connectivity index (χ2v) is 9.69. The van der Waals surface area contributed by atoms with Gasteiger partial charge in [-0.25, -0.2) is 4.79 Å². The van der Waals surface area contributed by atoms with Crippen molar-refractivity contribution < 1.29 is 28.5 Å². The van der Waals surface area contributed by atoms with E-state index in [4.69, 9.17) is 42.1 Å². The van der Waals surface area contributed by atoms with Crippen molar-refractivity contribution in [1.29, 1.82) is 0 Å². The Morgan fingerprint density at radius 2 is 1.78 bits per heavy atom. The summed E-state index contributed by atoms with van der Waals surface area (Å²) in [7, 11) is 4.69. The number of rotatable bonds is 8. The lowest BCUT2D eigenvalue weighted by Gasteiger charge is -2.37. The molecule has 1 heterocycles. The highest BCUT2D eigenvalue weighted by Crippen LogP contribution is 2.48. The topological polar surface area (TPSA) is 83.1 Å². The summed E-state index contributed by atoms with van der Waals surface area (Å²) in [6.07, 6.45) is 0.824. The number of allylic oxidation sites excluding steroid dienone is 3. The van der Waals surface area contributed by atoms with Gasteiger partial charge in [0.2, 0.25) is 0 Å². The van der Waals surface area contributed by atoms with Crippen LogP contribution in [0.25, 0.3) is 0 Å². The van der Waals surface area contributed by atoms with Gasteiger partial charge in [0.15, 0.2) is 17.3 Å². The maximum atomic E-state index is 13.8. The van der Waals surface area contributed by atoms with Gasteiger partial charge in [0.1, 0.15) is 6.61 Å². The van der Waals surface area contributed by atoms with Gasteiger partial charge in [-0.2, -0.15) is 0 Å². The maximum Gasteiger partial charge on any atom is 0.336 e. The number of nitrogens with one attached hydrogen (secondary N) is 1. The van der Waals surface area contributed by atoms with Crippen molar-refractivity contribution in [3.63, 3.8) is 0 Å². The van der Waals surface area contributed by atoms with Crippen molar-refractivity contribution in [2.45, 2.75) is 31.6 Å². The van der Waals surface area contributed by atoms with Gasteiger partial charge in [0.25, 0.3) is 0 Å². The second-order valence-electron chi connectivity index (χ2n) is 8.90. The van der Waals surface area contributed by atoms with Gasteiger partial charge in [0, 0.05) is 36.4 Å². The smallest absolute Gasteiger partial charge is 0.336 e. The number of Topliss-reactive ketones (excluding diaryl/α,β-unsaturated/α-hetero) is 1. The van der Waals surface area contributed by atoms with E-state index in [1.54, 1.807) is 39.3 Å². The summed E-state index contributed by atoms with van der Waals surface area (Å²) in [4.78, 5) is 27.0. The lowest BCUT2D eigenvalue weighted by Crippen LogP contribution is -2.36. The molecule has 0 bridgehead atoms. The Kier molecular flexibility index (Phi) is 8.47. The van der Waals surface area contributed by atoms with Gasteiger partial charge in [-0.05, 0) is 48.6 Å². The van der Waals surface area contributed by atoms with E-state index in [9.17, 15) is 9.59 Å². The molecule has 2 unspecified atom stereocenters. The zero-order chi connectivity index (χ0) is 26.7. The molecule has 37 heavy (non-hydrogen) atoms. The van der Waals surface area contributed by atoms with Crippen molar-refractivity contribution in [2.24, 2.45) is 0 Å². The number of halogens is 2. The molecule has 2 aromatic carbocycles. The van der Waals surface area contributed by atoms with Crippen LogP contribution in [0.15, 0.2) is 58.9 Å². The molecule has 0 saturated carbocycles. The number of hydrogen-bond acceptors (Lipinski definition) is 7. The molecular formula is C28H29Cl2NO6. The van der Waals surface area contributed by atoms with Gasteiger partial charge < -0.3 is 24.3 Å². The summed E-state index contributed by atoms with van der Waals surface area (Å²) in [5, 5.41) is 3.97. The van der Waals surface area contributed by atoms with Gasteiger partial charge in [-0.1, -0.05) is 41.4 Å². The van der Waals surface area contributed by atoms with E-state index >= 15 is 0 Å². The minimum absolute atomic E-state index is 0.0794. The number of carbonyl (C=O) groups excluding carboxylic acids is 2. The first-order chi connectivity index (χ1) is 17.8. The van der Waals surface area contributed by atoms with Crippen molar-refractivity contribution in [3.05, 3.63) is 80.1 Å². The number of esters is 1. The highest BCUT2D eigenvalue weighted by molar-refractivity contribution is 6.42. The van der Waals surface area contributed by atoms with Gasteiger partial charge in [-0.3, -0.25) is 4.79 Å². The van der Waals surface area contributed by atoms with E-state index in [0.29, 0.717) is 50.4 Å². The molecule has 2 aliphatic rings. The Labute approximate surface area is 226 Å². The molecule has 196 valence electrons. The lowest BCUT2D eigenvalue weighted by atomic mass is 9.71. The van der Waals surface area contributed by atoms with Crippen LogP contribution in [0.2, 0.25) is 10.0 Å². The SMILES string of the molecule is COCCOC(=O)C1=C(C)NC2=C(C(=O)CC(c3ccc(OC)c(OC)c3)C2)C1c1cccc(Cl)c1Cl. The Morgan fingerprint density at radius 3 is 2.49 bits per heavy atom. The number of ketones is 1. The summed E-state index contributed by atoms with van der Waals surface area (Å²) in [6.45, 7) is 2.14. The Hall–Kier alpha value is -3.00. The summed E-state index contributed by atoms with van der Waals surface area (Å²) in [5.74, 6) is -0.193. The van der Waals surface area contributed by atoms with Crippen LogP contribution in [0.3, 0.4) is 0 Å². The predicted molar refractivity (Wildman–Crippen MR) is 141 cm³/mol. The van der Waals surface area contributed by atoms with Crippen LogP contribution in [0.5, 0.6) is 11.5 Å². The fourth-order valence-corrected chi connectivity index (χ4v) is 5.42. The third kappa shape index (κ3) is 5.35. The van der Waals surface area contributed by atoms with Gasteiger partial charge in [-0.15, -0.1) is 0 Å². The van der Waals surface area contributed by atoms with E-state index in [0.717, 1.165) is 11.3 Å². The van der Waals surface area contributed by atoms with Crippen LogP contribution in [0.4, 0.5) is 0 Å². The summed E-state index contributed by atoms with van der Waals surface area (Å²) < 4.78 is 21.3. The first kappa shape index (κ1) is 27.0. The number of benzene rings is 2. The number of dihydropyridines is 1. The molecule has 4 rings (SSSR count). The molecule has 2 aromatic rings. The van der Waals surface area contributed by atoms with Crippen LogP contribution in [-0.2, 0) is 19.1 Å². The zero-order valence-electron chi connectivity index (χ0n) is 21.2. The standard InChI is InChI=1S/C28H29Cl2NO6/c1-15-24(28(33)37-11-10-34-2)25(18-6-5-7-19(29)27(18)30)26-20(31-15)12-17(13-21(26)32)16-8-9-22(35-3)23(14-16)36-4/h5-9,14,17,25,31H,10-13H2,1-4H3. The second kappa shape index (κ2) is 11.6. The average Bonchev–Trinajstić information content (AvgIpc) is 2.89. The van der Waals surface area contributed by atoms with Crippen LogP contribution >= 0.6 is 23.2 Å². The number of methoxy groups -OCH3 is 3. The molecule has 0 fully saturated rings. The Bertz CT molecular complexity index is 1290. The quantitative estimate of drug-likeness (QED) is 0.343. The normalized spacial score (nSPS) is 19.4. The molecule has 0 spiro atoms. The molecule has 0 amide bonds. The third-order valence-corrected chi connectivity index (χ3v) is 7.57. The monoisotopic (exact) mass is 545 g/mol. The van der Waals surface area contributed by atoms with Crippen LogP contribution in [-0.4, -0.2) is 46.3 Å². The highest BCUT2D eigenvalue weighted by atomic mass is 35.5.